The third-order valence-corrected chi connectivity index (χ3v) is 1.93. The van der Waals surface area contributed by atoms with Gasteiger partial charge in [0.25, 0.3) is 5.95 Å². The Morgan fingerprint density at radius 2 is 2.46 bits per heavy atom. The number of isocyanates is 1. The van der Waals surface area contributed by atoms with Gasteiger partial charge in [-0.05, 0) is 12.1 Å². The second-order valence-corrected chi connectivity index (χ2v) is 3.18. The van der Waals surface area contributed by atoms with Crippen LogP contribution in [-0.2, 0) is 4.79 Å². The molecule has 0 atom stereocenters. The van der Waals surface area contributed by atoms with Crippen molar-refractivity contribution in [2.75, 3.05) is 0 Å². The van der Waals surface area contributed by atoms with E-state index in [9.17, 15) is 4.79 Å². The largest absolute Gasteiger partial charge is 0.280 e. The Hall–Kier alpha value is -1.52. The molecule has 2 aromatic heterocycles. The van der Waals surface area contributed by atoms with Crippen molar-refractivity contribution in [3.63, 3.8) is 0 Å². The molecule has 0 saturated carbocycles. The first-order chi connectivity index (χ1) is 6.29. The molecule has 5 nitrogen and oxygen atoms in total. The zero-order valence-corrected chi connectivity index (χ0v) is 7.89. The van der Waals surface area contributed by atoms with E-state index in [0.29, 0.717) is 5.65 Å². The number of nitrogens with zero attached hydrogens (tertiary/aromatic N) is 4. The van der Waals surface area contributed by atoms with Crippen LogP contribution in [0, 0.1) is 0 Å². The molecule has 2 rings (SSSR count). The van der Waals surface area contributed by atoms with E-state index in [4.69, 9.17) is 0 Å². The van der Waals surface area contributed by atoms with Gasteiger partial charge < -0.3 is 0 Å². The first kappa shape index (κ1) is 8.10. The van der Waals surface area contributed by atoms with Crippen molar-refractivity contribution in [3.05, 3.63) is 22.8 Å². The number of carbonyl (C=O) groups excluding carboxylic acids is 1. The maximum atomic E-state index is 9.93. The molecular formula is C7H3BrN4O. The summed E-state index contributed by atoms with van der Waals surface area (Å²) in [4.78, 5) is 17.2. The van der Waals surface area contributed by atoms with Crippen LogP contribution < -0.4 is 0 Å². The monoisotopic (exact) mass is 238 g/mol. The summed E-state index contributed by atoms with van der Waals surface area (Å²) in [7, 11) is 0. The van der Waals surface area contributed by atoms with Crippen LogP contribution in [0.4, 0.5) is 5.95 Å². The normalized spacial score (nSPS) is 9.92. The lowest BCUT2D eigenvalue weighted by molar-refractivity contribution is 0.565. The summed E-state index contributed by atoms with van der Waals surface area (Å²) in [5.41, 5.74) is 0.628. The quantitative estimate of drug-likeness (QED) is 0.559. The number of hydrogen-bond donors (Lipinski definition) is 0. The molecule has 0 saturated heterocycles. The molecule has 0 aliphatic heterocycles. The van der Waals surface area contributed by atoms with E-state index in [1.165, 1.54) is 10.6 Å². The average Bonchev–Trinajstić information content (AvgIpc) is 2.46. The molecule has 0 spiro atoms. The Bertz CT molecular complexity index is 500. The number of aliphatic imine (C=N–C) groups is 1. The zero-order valence-electron chi connectivity index (χ0n) is 6.31. The van der Waals surface area contributed by atoms with Crippen LogP contribution in [0.15, 0.2) is 27.8 Å². The van der Waals surface area contributed by atoms with Crippen molar-refractivity contribution < 1.29 is 4.79 Å². The Labute approximate surface area is 81.2 Å². The van der Waals surface area contributed by atoms with Crippen molar-refractivity contribution in [2.24, 2.45) is 4.99 Å². The highest BCUT2D eigenvalue weighted by molar-refractivity contribution is 9.10. The van der Waals surface area contributed by atoms with E-state index in [1.54, 1.807) is 12.3 Å². The van der Waals surface area contributed by atoms with Crippen LogP contribution >= 0.6 is 15.9 Å². The standard InChI is InChI=1S/C7H3BrN4O/c8-5-1-2-12-6(3-5)10-7(11-12)9-4-13/h1-3H. The van der Waals surface area contributed by atoms with Crippen LogP contribution in [-0.4, -0.2) is 20.7 Å². The highest BCUT2D eigenvalue weighted by Crippen LogP contribution is 2.13. The molecule has 0 unspecified atom stereocenters. The SMILES string of the molecule is O=C=Nc1nc2cc(Br)ccn2n1. The van der Waals surface area contributed by atoms with Gasteiger partial charge in [0.05, 0.1) is 0 Å². The lowest BCUT2D eigenvalue weighted by atomic mass is 10.5. The number of pyridine rings is 1. The van der Waals surface area contributed by atoms with E-state index in [-0.39, 0.29) is 5.95 Å². The fourth-order valence-corrected chi connectivity index (χ4v) is 1.26. The predicted octanol–water partition coefficient (Wildman–Crippen LogP) is 1.46. The maximum absolute atomic E-state index is 9.93. The minimum Gasteiger partial charge on any atom is -0.219 e. The highest BCUT2D eigenvalue weighted by Gasteiger charge is 2.01. The van der Waals surface area contributed by atoms with Crippen molar-refractivity contribution >= 4 is 33.6 Å². The fourth-order valence-electron chi connectivity index (χ4n) is 0.933. The van der Waals surface area contributed by atoms with Crippen LogP contribution in [0.2, 0.25) is 0 Å². The molecule has 13 heavy (non-hydrogen) atoms. The molecule has 0 fully saturated rings. The second-order valence-electron chi connectivity index (χ2n) is 2.26. The van der Waals surface area contributed by atoms with Gasteiger partial charge in [-0.15, -0.1) is 10.1 Å². The highest BCUT2D eigenvalue weighted by atomic mass is 79.9. The van der Waals surface area contributed by atoms with Gasteiger partial charge in [-0.2, -0.15) is 4.98 Å². The molecule has 0 aromatic carbocycles. The average molecular weight is 239 g/mol. The van der Waals surface area contributed by atoms with Gasteiger partial charge in [-0.25, -0.2) is 9.31 Å². The van der Waals surface area contributed by atoms with Gasteiger partial charge in [0.1, 0.15) is 0 Å². The van der Waals surface area contributed by atoms with E-state index >= 15 is 0 Å². The van der Waals surface area contributed by atoms with Crippen molar-refractivity contribution in [3.8, 4) is 0 Å². The number of hydrogen-bond acceptors (Lipinski definition) is 4. The molecule has 64 valence electrons. The van der Waals surface area contributed by atoms with Gasteiger partial charge in [-0.3, -0.25) is 0 Å². The number of aromatic nitrogens is 3. The zero-order chi connectivity index (χ0) is 9.26. The van der Waals surface area contributed by atoms with Gasteiger partial charge in [-0.1, -0.05) is 15.9 Å². The summed E-state index contributed by atoms with van der Waals surface area (Å²) in [6, 6.07) is 3.59. The van der Waals surface area contributed by atoms with Gasteiger partial charge in [0.15, 0.2) is 5.65 Å². The first-order valence-corrected chi connectivity index (χ1v) is 4.19. The topological polar surface area (TPSA) is 59.6 Å². The summed E-state index contributed by atoms with van der Waals surface area (Å²) in [6.45, 7) is 0. The van der Waals surface area contributed by atoms with Crippen LogP contribution in [0.1, 0.15) is 0 Å². The van der Waals surface area contributed by atoms with E-state index in [0.717, 1.165) is 4.47 Å². The van der Waals surface area contributed by atoms with E-state index in [2.05, 4.69) is 31.0 Å². The van der Waals surface area contributed by atoms with E-state index < -0.39 is 0 Å². The smallest absolute Gasteiger partial charge is 0.219 e. The maximum Gasteiger partial charge on any atom is 0.280 e. The molecule has 0 N–H and O–H groups in total. The fraction of sp³-hybridized carbons (Fsp3) is 0. The Morgan fingerprint density at radius 3 is 3.23 bits per heavy atom. The summed E-state index contributed by atoms with van der Waals surface area (Å²) < 4.78 is 2.43. The molecule has 0 amide bonds. The lowest BCUT2D eigenvalue weighted by Crippen LogP contribution is -1.84. The van der Waals surface area contributed by atoms with Crippen LogP contribution in [0.5, 0.6) is 0 Å². The third kappa shape index (κ3) is 1.49. The molecule has 2 heterocycles. The summed E-state index contributed by atoms with van der Waals surface area (Å²) in [5.74, 6) is 0.119. The summed E-state index contributed by atoms with van der Waals surface area (Å²) in [6.07, 6.45) is 3.10. The molecule has 0 radical (unpaired) electrons. The van der Waals surface area contributed by atoms with Gasteiger partial charge >= 0.3 is 0 Å². The van der Waals surface area contributed by atoms with Crippen LogP contribution in [0.3, 0.4) is 0 Å². The third-order valence-electron chi connectivity index (χ3n) is 1.43. The van der Waals surface area contributed by atoms with Gasteiger partial charge in [0, 0.05) is 10.7 Å². The Kier molecular flexibility index (Phi) is 1.92. The first-order valence-electron chi connectivity index (χ1n) is 3.39. The molecule has 6 heteroatoms. The predicted molar refractivity (Wildman–Crippen MR) is 48.5 cm³/mol. The molecule has 2 aromatic rings. The number of rotatable bonds is 1. The van der Waals surface area contributed by atoms with Crippen molar-refractivity contribution in [1.29, 1.82) is 0 Å². The molecule has 0 aliphatic rings. The minimum atomic E-state index is 0.119. The van der Waals surface area contributed by atoms with Crippen molar-refractivity contribution in [1.82, 2.24) is 14.6 Å². The second kappa shape index (κ2) is 3.08. The number of fused-ring (bicyclic) bond motifs is 1. The van der Waals surface area contributed by atoms with Crippen molar-refractivity contribution in [2.45, 2.75) is 0 Å². The molecule has 0 bridgehead atoms. The minimum absolute atomic E-state index is 0.119. The lowest BCUT2D eigenvalue weighted by Gasteiger charge is -1.89. The summed E-state index contributed by atoms with van der Waals surface area (Å²) in [5, 5.41) is 3.90. The molecule has 0 aliphatic carbocycles. The van der Waals surface area contributed by atoms with Gasteiger partial charge in [0.2, 0.25) is 6.08 Å². The van der Waals surface area contributed by atoms with Crippen LogP contribution in [0.25, 0.3) is 5.65 Å². The Morgan fingerprint density at radius 1 is 1.62 bits per heavy atom. The van der Waals surface area contributed by atoms with E-state index in [1.807, 2.05) is 6.07 Å². The Balaban J connectivity index is 2.68. The number of halogens is 1. The summed E-state index contributed by atoms with van der Waals surface area (Å²) >= 11 is 3.29. The molecular weight excluding hydrogens is 236 g/mol.